The summed E-state index contributed by atoms with van der Waals surface area (Å²) in [6.45, 7) is 11.6. The Kier molecular flexibility index (Phi) is 9.94. The molecule has 37 heavy (non-hydrogen) atoms. The minimum atomic E-state index is -1.59. The number of carbonyl (C=O) groups is 1. The van der Waals surface area contributed by atoms with Crippen LogP contribution in [0, 0.1) is 12.8 Å². The van der Waals surface area contributed by atoms with E-state index in [0.29, 0.717) is 6.42 Å². The van der Waals surface area contributed by atoms with Crippen molar-refractivity contribution in [2.24, 2.45) is 5.92 Å². The van der Waals surface area contributed by atoms with E-state index in [1.54, 1.807) is 0 Å². The third kappa shape index (κ3) is 7.22. The van der Waals surface area contributed by atoms with Crippen LogP contribution in [0.5, 0.6) is 5.88 Å². The van der Waals surface area contributed by atoms with Gasteiger partial charge in [-0.2, -0.15) is 0 Å². The lowest BCUT2D eigenvalue weighted by Crippen LogP contribution is -2.60. The molecule has 0 amide bonds. The summed E-state index contributed by atoms with van der Waals surface area (Å²) in [6.07, 6.45) is -6.56. The highest BCUT2D eigenvalue weighted by molar-refractivity contribution is 5.59. The average Bonchev–Trinajstić information content (AvgIpc) is 3.17. The van der Waals surface area contributed by atoms with E-state index in [2.05, 4.69) is 36.3 Å². The van der Waals surface area contributed by atoms with Crippen molar-refractivity contribution in [2.75, 3.05) is 13.2 Å². The molecular formula is C27H40N2O8. The number of aliphatic hydroxyl groups is 3. The van der Waals surface area contributed by atoms with Crippen LogP contribution in [0.2, 0.25) is 0 Å². The van der Waals surface area contributed by atoms with Crippen molar-refractivity contribution in [1.29, 1.82) is 0 Å². The van der Waals surface area contributed by atoms with E-state index in [0.717, 1.165) is 23.2 Å². The molecule has 0 spiro atoms. The van der Waals surface area contributed by atoms with Crippen molar-refractivity contribution in [3.63, 3.8) is 0 Å². The Morgan fingerprint density at radius 2 is 1.68 bits per heavy atom. The minimum absolute atomic E-state index is 0.0566. The molecule has 206 valence electrons. The first kappa shape index (κ1) is 28.9. The quantitative estimate of drug-likeness (QED) is 0.405. The zero-order valence-corrected chi connectivity index (χ0v) is 22.5. The maximum absolute atomic E-state index is 11.8. The Morgan fingerprint density at radius 3 is 2.27 bits per heavy atom. The minimum Gasteiger partial charge on any atom is -0.443 e. The Hall–Kier alpha value is -2.66. The molecule has 1 aromatic carbocycles. The number of ether oxygens (including phenoxy) is 4. The van der Waals surface area contributed by atoms with Gasteiger partial charge in [0.05, 0.1) is 6.61 Å². The summed E-state index contributed by atoms with van der Waals surface area (Å²) in [7, 11) is 0. The molecule has 1 aliphatic rings. The fourth-order valence-corrected chi connectivity index (χ4v) is 4.11. The number of aromatic nitrogens is 2. The van der Waals surface area contributed by atoms with Crippen LogP contribution in [0.4, 0.5) is 4.79 Å². The molecule has 0 radical (unpaired) electrons. The van der Waals surface area contributed by atoms with Crippen LogP contribution in [-0.4, -0.2) is 75.2 Å². The highest BCUT2D eigenvalue weighted by Gasteiger charge is 2.46. The standard InChI is InChI=1S/C27H40N2O8/c1-7-18-8-10-19(11-9-18)12-20-17(6)29(16(4)5)28-25(20)37-26-24(32)23(31)22(30)21(36-26)14-35-27(33)34-13-15(2)3/h8-11,15-16,21-24,26,30-32H,7,12-14H2,1-6H3/t21-,22-,23+,24-,26?/m1/s1. The van der Waals surface area contributed by atoms with Crippen LogP contribution in [-0.2, 0) is 27.1 Å². The Morgan fingerprint density at radius 1 is 1.03 bits per heavy atom. The second-order valence-corrected chi connectivity index (χ2v) is 10.2. The number of hydrogen-bond donors (Lipinski definition) is 3. The van der Waals surface area contributed by atoms with Gasteiger partial charge >= 0.3 is 6.16 Å². The van der Waals surface area contributed by atoms with Crippen LogP contribution >= 0.6 is 0 Å². The van der Waals surface area contributed by atoms with E-state index in [-0.39, 0.29) is 24.4 Å². The van der Waals surface area contributed by atoms with Gasteiger partial charge in [-0.05, 0) is 44.2 Å². The molecule has 0 bridgehead atoms. The van der Waals surface area contributed by atoms with Crippen LogP contribution < -0.4 is 4.74 Å². The average molecular weight is 521 g/mol. The molecule has 5 atom stereocenters. The monoisotopic (exact) mass is 520 g/mol. The van der Waals surface area contributed by atoms with Gasteiger partial charge < -0.3 is 34.3 Å². The number of benzene rings is 1. The molecule has 3 rings (SSSR count). The van der Waals surface area contributed by atoms with Crippen LogP contribution in [0.25, 0.3) is 0 Å². The van der Waals surface area contributed by atoms with E-state index in [9.17, 15) is 20.1 Å². The molecule has 2 heterocycles. The van der Waals surface area contributed by atoms with E-state index < -0.39 is 43.5 Å². The molecule has 1 fully saturated rings. The summed E-state index contributed by atoms with van der Waals surface area (Å²) in [6, 6.07) is 8.35. The highest BCUT2D eigenvalue weighted by atomic mass is 16.7. The summed E-state index contributed by atoms with van der Waals surface area (Å²) >= 11 is 0. The molecule has 1 aromatic heterocycles. The van der Waals surface area contributed by atoms with Gasteiger partial charge in [0.25, 0.3) is 0 Å². The van der Waals surface area contributed by atoms with Gasteiger partial charge in [0.1, 0.15) is 31.0 Å². The topological polar surface area (TPSA) is 133 Å². The van der Waals surface area contributed by atoms with E-state index in [4.69, 9.17) is 18.9 Å². The number of nitrogens with zero attached hydrogens (tertiary/aromatic N) is 2. The Labute approximate surface area is 218 Å². The number of aliphatic hydroxyl groups excluding tert-OH is 3. The van der Waals surface area contributed by atoms with Gasteiger partial charge in [0.15, 0.2) is 0 Å². The smallest absolute Gasteiger partial charge is 0.443 e. The van der Waals surface area contributed by atoms with Gasteiger partial charge in [-0.3, -0.25) is 4.68 Å². The molecule has 10 nitrogen and oxygen atoms in total. The summed E-state index contributed by atoms with van der Waals surface area (Å²) in [4.78, 5) is 11.8. The van der Waals surface area contributed by atoms with Gasteiger partial charge in [0.2, 0.25) is 12.2 Å². The second kappa shape index (κ2) is 12.7. The summed E-state index contributed by atoms with van der Waals surface area (Å²) in [5.74, 6) is 0.390. The first-order chi connectivity index (χ1) is 17.5. The van der Waals surface area contributed by atoms with E-state index in [1.165, 1.54) is 5.56 Å². The molecule has 0 saturated carbocycles. The first-order valence-electron chi connectivity index (χ1n) is 12.8. The molecule has 1 saturated heterocycles. The predicted octanol–water partition coefficient (Wildman–Crippen LogP) is 2.92. The summed E-state index contributed by atoms with van der Waals surface area (Å²) < 4.78 is 23.6. The maximum atomic E-state index is 11.8. The summed E-state index contributed by atoms with van der Waals surface area (Å²) in [5.41, 5.74) is 4.03. The third-order valence-corrected chi connectivity index (χ3v) is 6.33. The highest BCUT2D eigenvalue weighted by Crippen LogP contribution is 2.31. The van der Waals surface area contributed by atoms with Crippen LogP contribution in [0.1, 0.15) is 63.0 Å². The lowest BCUT2D eigenvalue weighted by Gasteiger charge is -2.39. The zero-order valence-electron chi connectivity index (χ0n) is 22.5. The largest absolute Gasteiger partial charge is 0.508 e. The van der Waals surface area contributed by atoms with Gasteiger partial charge in [-0.25, -0.2) is 4.79 Å². The van der Waals surface area contributed by atoms with Crippen molar-refractivity contribution >= 4 is 6.16 Å². The van der Waals surface area contributed by atoms with Crippen molar-refractivity contribution in [3.8, 4) is 5.88 Å². The normalized spacial score (nSPS) is 23.9. The van der Waals surface area contributed by atoms with Crippen molar-refractivity contribution < 1.29 is 39.1 Å². The number of carbonyl (C=O) groups excluding carboxylic acids is 1. The third-order valence-electron chi connectivity index (χ3n) is 6.33. The van der Waals surface area contributed by atoms with Gasteiger partial charge in [0, 0.05) is 23.7 Å². The molecular weight excluding hydrogens is 480 g/mol. The number of rotatable bonds is 10. The van der Waals surface area contributed by atoms with Crippen LogP contribution in [0.15, 0.2) is 24.3 Å². The summed E-state index contributed by atoms with van der Waals surface area (Å²) in [5, 5.41) is 36.1. The predicted molar refractivity (Wildman–Crippen MR) is 135 cm³/mol. The Balaban J connectivity index is 1.78. The van der Waals surface area contributed by atoms with Gasteiger partial charge in [-0.15, -0.1) is 5.10 Å². The first-order valence-corrected chi connectivity index (χ1v) is 12.8. The lowest BCUT2D eigenvalue weighted by atomic mass is 9.99. The van der Waals surface area contributed by atoms with E-state index >= 15 is 0 Å². The number of aryl methyl sites for hydroxylation is 1. The van der Waals surface area contributed by atoms with Crippen LogP contribution in [0.3, 0.4) is 0 Å². The molecule has 0 aliphatic carbocycles. The van der Waals surface area contributed by atoms with Crippen molar-refractivity contribution in [3.05, 3.63) is 46.6 Å². The van der Waals surface area contributed by atoms with Crippen molar-refractivity contribution in [2.45, 2.75) is 91.1 Å². The SMILES string of the molecule is CCc1ccc(Cc2c(OC3O[C@H](COC(=O)OCC(C)C)[C@@H](O)[C@H](O)[C@H]3O)nn(C(C)C)c2C)cc1. The molecule has 10 heteroatoms. The Bertz CT molecular complexity index is 1020. The van der Waals surface area contributed by atoms with Crippen molar-refractivity contribution in [1.82, 2.24) is 9.78 Å². The molecule has 2 aromatic rings. The fraction of sp³-hybridized carbons (Fsp3) is 0.630. The van der Waals surface area contributed by atoms with E-state index in [1.807, 2.05) is 39.3 Å². The fourth-order valence-electron chi connectivity index (χ4n) is 4.11. The second-order valence-electron chi connectivity index (χ2n) is 10.2. The lowest BCUT2D eigenvalue weighted by molar-refractivity contribution is -0.278. The van der Waals surface area contributed by atoms with Gasteiger partial charge in [-0.1, -0.05) is 45.0 Å². The maximum Gasteiger partial charge on any atom is 0.508 e. The zero-order chi connectivity index (χ0) is 27.3. The molecule has 3 N–H and O–H groups in total. The molecule has 1 aliphatic heterocycles. The molecule has 1 unspecified atom stereocenters. The number of hydrogen-bond acceptors (Lipinski definition) is 9.